The van der Waals surface area contributed by atoms with Crippen molar-refractivity contribution in [3.8, 4) is 0 Å². The Hall–Kier alpha value is -1.57. The molecule has 0 saturated carbocycles. The van der Waals surface area contributed by atoms with E-state index in [4.69, 9.17) is 0 Å². The first kappa shape index (κ1) is 9.64. The number of imidazole rings is 1. The molecular formula is C14H16N2. The number of aryl methyl sites for hydroxylation is 1. The predicted molar refractivity (Wildman–Crippen MR) is 64.3 cm³/mol. The lowest BCUT2D eigenvalue weighted by Crippen LogP contribution is -2.14. The van der Waals surface area contributed by atoms with Crippen molar-refractivity contribution < 1.29 is 0 Å². The summed E-state index contributed by atoms with van der Waals surface area (Å²) in [6.45, 7) is 1.07. The second-order valence-electron chi connectivity index (χ2n) is 4.55. The summed E-state index contributed by atoms with van der Waals surface area (Å²) in [7, 11) is 0. The van der Waals surface area contributed by atoms with E-state index in [-0.39, 0.29) is 0 Å². The molecule has 1 aromatic heterocycles. The van der Waals surface area contributed by atoms with Crippen LogP contribution in [0.2, 0.25) is 0 Å². The number of rotatable bonds is 2. The van der Waals surface area contributed by atoms with Crippen LogP contribution in [0.1, 0.15) is 29.9 Å². The molecule has 3 rings (SSSR count). The van der Waals surface area contributed by atoms with Gasteiger partial charge < -0.3 is 4.57 Å². The largest absolute Gasteiger partial charge is 0.337 e. The summed E-state index contributed by atoms with van der Waals surface area (Å²) in [6.07, 6.45) is 9.69. The van der Waals surface area contributed by atoms with Gasteiger partial charge in [0.1, 0.15) is 0 Å². The van der Waals surface area contributed by atoms with Gasteiger partial charge in [-0.2, -0.15) is 0 Å². The van der Waals surface area contributed by atoms with Crippen molar-refractivity contribution in [1.29, 1.82) is 0 Å². The number of nitrogens with zero attached hydrogens (tertiary/aromatic N) is 2. The highest BCUT2D eigenvalue weighted by Crippen LogP contribution is 2.32. The van der Waals surface area contributed by atoms with E-state index in [1.54, 1.807) is 11.1 Å². The maximum atomic E-state index is 4.11. The van der Waals surface area contributed by atoms with Crippen molar-refractivity contribution in [2.45, 2.75) is 31.7 Å². The Morgan fingerprint density at radius 1 is 1.31 bits per heavy atom. The molecule has 0 amide bonds. The molecule has 1 atom stereocenters. The predicted octanol–water partition coefficient (Wildman–Crippen LogP) is 3.00. The molecule has 1 unspecified atom stereocenters. The van der Waals surface area contributed by atoms with Crippen molar-refractivity contribution in [2.75, 3.05) is 0 Å². The van der Waals surface area contributed by atoms with E-state index in [1.165, 1.54) is 19.3 Å². The van der Waals surface area contributed by atoms with Gasteiger partial charge in [0.25, 0.3) is 0 Å². The van der Waals surface area contributed by atoms with Gasteiger partial charge in [0.15, 0.2) is 0 Å². The van der Waals surface area contributed by atoms with Crippen LogP contribution in [0.25, 0.3) is 0 Å². The second-order valence-corrected chi connectivity index (χ2v) is 4.55. The minimum Gasteiger partial charge on any atom is -0.337 e. The van der Waals surface area contributed by atoms with Gasteiger partial charge in [0.2, 0.25) is 0 Å². The maximum Gasteiger partial charge on any atom is 0.0946 e. The average Bonchev–Trinajstić information content (AvgIpc) is 2.82. The van der Waals surface area contributed by atoms with Crippen molar-refractivity contribution in [2.24, 2.45) is 0 Å². The van der Waals surface area contributed by atoms with E-state index < -0.39 is 0 Å². The highest BCUT2D eigenvalue weighted by Gasteiger charge is 2.19. The minimum atomic E-state index is 0.666. The molecule has 2 heteroatoms. The Bertz CT molecular complexity index is 459. The van der Waals surface area contributed by atoms with E-state index in [9.17, 15) is 0 Å². The summed E-state index contributed by atoms with van der Waals surface area (Å²) in [5, 5.41) is 0. The van der Waals surface area contributed by atoms with Crippen LogP contribution < -0.4 is 0 Å². The molecule has 0 saturated heterocycles. The molecule has 0 radical (unpaired) electrons. The Balaban J connectivity index is 1.87. The van der Waals surface area contributed by atoms with E-state index in [2.05, 4.69) is 40.0 Å². The summed E-state index contributed by atoms with van der Waals surface area (Å²) in [4.78, 5) is 4.11. The molecule has 16 heavy (non-hydrogen) atoms. The summed E-state index contributed by atoms with van der Waals surface area (Å²) in [5.74, 6) is 0.666. The third kappa shape index (κ3) is 1.75. The Morgan fingerprint density at radius 2 is 2.25 bits per heavy atom. The molecule has 1 heterocycles. The van der Waals surface area contributed by atoms with Gasteiger partial charge in [-0.05, 0) is 30.4 Å². The number of fused-ring (bicyclic) bond motifs is 1. The number of hydrogen-bond acceptors (Lipinski definition) is 1. The van der Waals surface area contributed by atoms with Crippen molar-refractivity contribution in [1.82, 2.24) is 9.55 Å². The van der Waals surface area contributed by atoms with Crippen LogP contribution in [0.4, 0.5) is 0 Å². The molecule has 0 N–H and O–H groups in total. The number of hydrogen-bond donors (Lipinski definition) is 0. The normalized spacial score (nSPS) is 19.4. The summed E-state index contributed by atoms with van der Waals surface area (Å²) >= 11 is 0. The second kappa shape index (κ2) is 4.12. The maximum absolute atomic E-state index is 4.11. The topological polar surface area (TPSA) is 17.8 Å². The fourth-order valence-electron chi connectivity index (χ4n) is 2.69. The SMILES string of the molecule is c1ccc2c(c1)CCCC2Cn1ccnc1. The van der Waals surface area contributed by atoms with E-state index in [0.717, 1.165) is 6.54 Å². The first-order valence-corrected chi connectivity index (χ1v) is 5.97. The molecule has 2 aromatic rings. The quantitative estimate of drug-likeness (QED) is 0.748. The lowest BCUT2D eigenvalue weighted by Gasteiger charge is -2.25. The van der Waals surface area contributed by atoms with Gasteiger partial charge in [-0.25, -0.2) is 4.98 Å². The highest BCUT2D eigenvalue weighted by atomic mass is 15.0. The standard InChI is InChI=1S/C14H16N2/c1-2-7-14-12(4-1)5-3-6-13(14)10-16-9-8-15-11-16/h1-2,4,7-9,11,13H,3,5-6,10H2. The first-order valence-electron chi connectivity index (χ1n) is 5.97. The van der Waals surface area contributed by atoms with Crippen molar-refractivity contribution in [3.05, 3.63) is 54.1 Å². The molecule has 0 aliphatic heterocycles. The van der Waals surface area contributed by atoms with Crippen LogP contribution in [0, 0.1) is 0 Å². The van der Waals surface area contributed by atoms with Crippen LogP contribution in [-0.2, 0) is 13.0 Å². The number of aromatic nitrogens is 2. The molecule has 1 aromatic carbocycles. The monoisotopic (exact) mass is 212 g/mol. The zero-order valence-corrected chi connectivity index (χ0v) is 9.34. The van der Waals surface area contributed by atoms with Gasteiger partial charge in [-0.3, -0.25) is 0 Å². The fraction of sp³-hybridized carbons (Fsp3) is 0.357. The van der Waals surface area contributed by atoms with Gasteiger partial charge in [0.05, 0.1) is 6.33 Å². The van der Waals surface area contributed by atoms with Crippen LogP contribution in [-0.4, -0.2) is 9.55 Å². The molecule has 0 spiro atoms. The number of benzene rings is 1. The Morgan fingerprint density at radius 3 is 3.12 bits per heavy atom. The van der Waals surface area contributed by atoms with Crippen LogP contribution in [0.3, 0.4) is 0 Å². The van der Waals surface area contributed by atoms with Gasteiger partial charge in [-0.15, -0.1) is 0 Å². The van der Waals surface area contributed by atoms with Gasteiger partial charge in [0, 0.05) is 24.9 Å². The zero-order valence-electron chi connectivity index (χ0n) is 9.34. The lowest BCUT2D eigenvalue weighted by molar-refractivity contribution is 0.483. The first-order chi connectivity index (χ1) is 7.93. The third-order valence-corrected chi connectivity index (χ3v) is 3.48. The fourth-order valence-corrected chi connectivity index (χ4v) is 2.69. The minimum absolute atomic E-state index is 0.666. The molecule has 1 aliphatic rings. The lowest BCUT2D eigenvalue weighted by atomic mass is 9.83. The van der Waals surface area contributed by atoms with Crippen LogP contribution >= 0.6 is 0 Å². The molecule has 0 bridgehead atoms. The Kier molecular flexibility index (Phi) is 2.49. The Labute approximate surface area is 95.9 Å². The summed E-state index contributed by atoms with van der Waals surface area (Å²) < 4.78 is 2.19. The third-order valence-electron chi connectivity index (χ3n) is 3.48. The zero-order chi connectivity index (χ0) is 10.8. The van der Waals surface area contributed by atoms with Gasteiger partial charge in [-0.1, -0.05) is 24.3 Å². The van der Waals surface area contributed by atoms with Crippen LogP contribution in [0.5, 0.6) is 0 Å². The molecule has 82 valence electrons. The summed E-state index contributed by atoms with van der Waals surface area (Å²) in [5.41, 5.74) is 3.08. The van der Waals surface area contributed by atoms with E-state index in [1.807, 2.05) is 12.5 Å². The smallest absolute Gasteiger partial charge is 0.0946 e. The van der Waals surface area contributed by atoms with E-state index in [0.29, 0.717) is 5.92 Å². The molecule has 0 fully saturated rings. The van der Waals surface area contributed by atoms with Crippen molar-refractivity contribution in [3.63, 3.8) is 0 Å². The summed E-state index contributed by atoms with van der Waals surface area (Å²) in [6, 6.07) is 8.87. The highest BCUT2D eigenvalue weighted by molar-refractivity contribution is 5.32. The van der Waals surface area contributed by atoms with Crippen LogP contribution in [0.15, 0.2) is 43.0 Å². The van der Waals surface area contributed by atoms with Crippen molar-refractivity contribution >= 4 is 0 Å². The molecular weight excluding hydrogens is 196 g/mol. The molecule has 1 aliphatic carbocycles. The average molecular weight is 212 g/mol. The molecule has 2 nitrogen and oxygen atoms in total. The van der Waals surface area contributed by atoms with Gasteiger partial charge >= 0.3 is 0 Å². The van der Waals surface area contributed by atoms with E-state index >= 15 is 0 Å².